The van der Waals surface area contributed by atoms with E-state index < -0.39 is 16.8 Å². The first-order chi connectivity index (χ1) is 16.2. The van der Waals surface area contributed by atoms with E-state index in [0.717, 1.165) is 36.0 Å². The molecular formula is C27H32O7. The summed E-state index contributed by atoms with van der Waals surface area (Å²) < 4.78 is 22.7. The van der Waals surface area contributed by atoms with Crippen LogP contribution in [-0.4, -0.2) is 37.9 Å². The molecule has 0 saturated heterocycles. The lowest BCUT2D eigenvalue weighted by Gasteiger charge is -2.45. The van der Waals surface area contributed by atoms with Gasteiger partial charge < -0.3 is 24.1 Å². The molecule has 1 saturated carbocycles. The van der Waals surface area contributed by atoms with Crippen molar-refractivity contribution >= 4 is 11.9 Å². The number of hydrogen-bond acceptors (Lipinski definition) is 6. The summed E-state index contributed by atoms with van der Waals surface area (Å²) in [6.07, 6.45) is 4.14. The second-order valence-electron chi connectivity index (χ2n) is 9.75. The lowest BCUT2D eigenvalue weighted by molar-refractivity contribution is -0.162. The lowest BCUT2D eigenvalue weighted by Crippen LogP contribution is -2.49. The number of benzene rings is 2. The van der Waals surface area contributed by atoms with Gasteiger partial charge in [-0.2, -0.15) is 0 Å². The van der Waals surface area contributed by atoms with Crippen LogP contribution in [0, 0.1) is 10.8 Å². The largest absolute Gasteiger partial charge is 0.493 e. The van der Waals surface area contributed by atoms with Crippen molar-refractivity contribution in [3.05, 3.63) is 41.5 Å². The zero-order valence-electron chi connectivity index (χ0n) is 20.2. The second-order valence-corrected chi connectivity index (χ2v) is 9.75. The number of carboxylic acids is 1. The number of carbonyl (C=O) groups is 2. The van der Waals surface area contributed by atoms with Gasteiger partial charge in [-0.1, -0.05) is 39.2 Å². The second kappa shape index (κ2) is 9.20. The molecule has 0 unspecified atom stereocenters. The first-order valence-corrected chi connectivity index (χ1v) is 11.7. The van der Waals surface area contributed by atoms with Gasteiger partial charge in [0.1, 0.15) is 6.61 Å². The summed E-state index contributed by atoms with van der Waals surface area (Å²) in [4.78, 5) is 24.3. The third-order valence-electron chi connectivity index (χ3n) is 7.48. The fourth-order valence-corrected chi connectivity index (χ4v) is 5.30. The topological polar surface area (TPSA) is 91.3 Å². The Balaban J connectivity index is 1.73. The molecule has 1 fully saturated rings. The van der Waals surface area contributed by atoms with E-state index in [1.807, 2.05) is 32.0 Å². The van der Waals surface area contributed by atoms with Crippen LogP contribution in [0.1, 0.15) is 61.9 Å². The Morgan fingerprint density at radius 2 is 1.74 bits per heavy atom. The highest BCUT2D eigenvalue weighted by Gasteiger charge is 2.52. The maximum absolute atomic E-state index is 12.4. The molecular weight excluding hydrogens is 436 g/mol. The van der Waals surface area contributed by atoms with Crippen LogP contribution in [0.4, 0.5) is 0 Å². The minimum absolute atomic E-state index is 0.197. The Kier molecular flexibility index (Phi) is 6.47. The van der Waals surface area contributed by atoms with Crippen LogP contribution >= 0.6 is 0 Å². The first-order valence-electron chi connectivity index (χ1n) is 11.7. The van der Waals surface area contributed by atoms with E-state index in [2.05, 4.69) is 0 Å². The molecule has 4 rings (SSSR count). The monoisotopic (exact) mass is 468 g/mol. The third kappa shape index (κ3) is 3.97. The van der Waals surface area contributed by atoms with E-state index in [0.29, 0.717) is 35.7 Å². The molecule has 7 nitrogen and oxygen atoms in total. The summed E-state index contributed by atoms with van der Waals surface area (Å²) in [5.41, 5.74) is 1.52. The summed E-state index contributed by atoms with van der Waals surface area (Å²) in [5, 5.41) is 10.2. The number of hydrogen-bond donors (Lipinski definition) is 1. The predicted molar refractivity (Wildman–Crippen MR) is 127 cm³/mol. The lowest BCUT2D eigenvalue weighted by atomic mass is 9.59. The van der Waals surface area contributed by atoms with Crippen molar-refractivity contribution in [3.8, 4) is 28.4 Å². The molecule has 0 aromatic heterocycles. The molecule has 1 aliphatic carbocycles. The highest BCUT2D eigenvalue weighted by atomic mass is 16.5. The molecule has 1 aliphatic heterocycles. The van der Waals surface area contributed by atoms with Gasteiger partial charge in [0.05, 0.1) is 31.8 Å². The summed E-state index contributed by atoms with van der Waals surface area (Å²) >= 11 is 0. The van der Waals surface area contributed by atoms with E-state index in [1.165, 1.54) is 0 Å². The van der Waals surface area contributed by atoms with E-state index in [1.54, 1.807) is 26.4 Å². The number of rotatable bonds is 8. The van der Waals surface area contributed by atoms with E-state index in [-0.39, 0.29) is 19.2 Å². The Hall–Kier alpha value is -3.22. The number of methoxy groups -OCH3 is 2. The minimum Gasteiger partial charge on any atom is -0.493 e. The molecule has 0 spiro atoms. The Morgan fingerprint density at radius 3 is 2.38 bits per heavy atom. The average molecular weight is 469 g/mol. The molecule has 34 heavy (non-hydrogen) atoms. The molecule has 0 atom stereocenters. The third-order valence-corrected chi connectivity index (χ3v) is 7.48. The molecule has 2 aliphatic rings. The highest BCUT2D eigenvalue weighted by Crippen LogP contribution is 2.52. The van der Waals surface area contributed by atoms with Crippen LogP contribution in [0.5, 0.6) is 17.2 Å². The zero-order valence-corrected chi connectivity index (χ0v) is 20.2. The van der Waals surface area contributed by atoms with Crippen molar-refractivity contribution in [1.82, 2.24) is 0 Å². The molecule has 1 N–H and O–H groups in total. The maximum Gasteiger partial charge on any atom is 0.338 e. The van der Waals surface area contributed by atoms with Crippen molar-refractivity contribution < 1.29 is 33.6 Å². The van der Waals surface area contributed by atoms with Gasteiger partial charge in [-0.25, -0.2) is 4.79 Å². The number of fused-ring (bicyclic) bond motifs is 1. The number of aliphatic carboxylic acids is 1. The Bertz CT molecular complexity index is 1100. The fraction of sp³-hybridized carbons (Fsp3) is 0.481. The summed E-state index contributed by atoms with van der Waals surface area (Å²) in [6.45, 7) is 4.37. The quantitative estimate of drug-likeness (QED) is 0.513. The van der Waals surface area contributed by atoms with Crippen molar-refractivity contribution in [2.24, 2.45) is 10.8 Å². The van der Waals surface area contributed by atoms with Gasteiger partial charge in [0.2, 0.25) is 5.75 Å². The van der Waals surface area contributed by atoms with Crippen molar-refractivity contribution in [1.29, 1.82) is 0 Å². The highest BCUT2D eigenvalue weighted by molar-refractivity contribution is 5.94. The fourth-order valence-electron chi connectivity index (χ4n) is 5.30. The Morgan fingerprint density at radius 1 is 1.03 bits per heavy atom. The normalized spacial score (nSPS) is 17.0. The molecule has 0 amide bonds. The van der Waals surface area contributed by atoms with Crippen molar-refractivity contribution in [2.75, 3.05) is 20.8 Å². The molecule has 0 bridgehead atoms. The number of ether oxygens (including phenoxy) is 4. The summed E-state index contributed by atoms with van der Waals surface area (Å²) in [7, 11) is 3.11. The number of cyclic esters (lactones) is 1. The van der Waals surface area contributed by atoms with Crippen LogP contribution < -0.4 is 14.2 Å². The van der Waals surface area contributed by atoms with Crippen LogP contribution in [-0.2, 0) is 16.1 Å². The average Bonchev–Trinajstić information content (AvgIpc) is 3.22. The molecule has 2 aromatic carbocycles. The number of carbonyl (C=O) groups excluding carboxylic acids is 1. The minimum atomic E-state index is -0.844. The number of esters is 1. The zero-order chi connectivity index (χ0) is 24.5. The summed E-state index contributed by atoms with van der Waals surface area (Å²) in [5.74, 6) is 0.359. The van der Waals surface area contributed by atoms with E-state index in [9.17, 15) is 14.7 Å². The van der Waals surface area contributed by atoms with Crippen LogP contribution in [0.2, 0.25) is 0 Å². The first kappa shape index (κ1) is 23.9. The van der Waals surface area contributed by atoms with E-state index >= 15 is 0 Å². The standard InChI is InChI=1S/C27H32O7/c1-26(2,27(25(29)30)12-6-5-7-13-27)16-34-22-19(10-11-21(31-3)23(22)32-4)17-8-9-20-18(14-17)15-33-24(20)28/h8-11,14H,5-7,12-13,15-16H2,1-4H3,(H,29,30). The van der Waals surface area contributed by atoms with Gasteiger partial charge >= 0.3 is 11.9 Å². The van der Waals surface area contributed by atoms with Gasteiger partial charge in [0.15, 0.2) is 11.5 Å². The molecule has 0 radical (unpaired) electrons. The maximum atomic E-state index is 12.4. The van der Waals surface area contributed by atoms with Crippen LogP contribution in [0.3, 0.4) is 0 Å². The molecule has 182 valence electrons. The smallest absolute Gasteiger partial charge is 0.338 e. The van der Waals surface area contributed by atoms with E-state index in [4.69, 9.17) is 18.9 Å². The van der Waals surface area contributed by atoms with Crippen LogP contribution in [0.15, 0.2) is 30.3 Å². The summed E-state index contributed by atoms with van der Waals surface area (Å²) in [6, 6.07) is 9.22. The van der Waals surface area contributed by atoms with Gasteiger partial charge in [-0.15, -0.1) is 0 Å². The van der Waals surface area contributed by atoms with Gasteiger partial charge in [0.25, 0.3) is 0 Å². The van der Waals surface area contributed by atoms with Crippen LogP contribution in [0.25, 0.3) is 11.1 Å². The number of carboxylic acid groups (broad SMARTS) is 1. The van der Waals surface area contributed by atoms with Gasteiger partial charge in [-0.05, 0) is 42.7 Å². The van der Waals surface area contributed by atoms with Crippen molar-refractivity contribution in [3.63, 3.8) is 0 Å². The molecule has 2 aromatic rings. The van der Waals surface area contributed by atoms with Crippen molar-refractivity contribution in [2.45, 2.75) is 52.6 Å². The molecule has 7 heteroatoms. The Labute approximate surface area is 200 Å². The molecule has 1 heterocycles. The van der Waals surface area contributed by atoms with Gasteiger partial charge in [0, 0.05) is 16.5 Å². The van der Waals surface area contributed by atoms with Gasteiger partial charge in [-0.3, -0.25) is 4.79 Å². The SMILES string of the molecule is COc1ccc(-c2ccc3c(c2)COC3=O)c(OCC(C)(C)C2(C(=O)O)CCCCC2)c1OC. The predicted octanol–water partition coefficient (Wildman–Crippen LogP) is 5.48.